The fourth-order valence-corrected chi connectivity index (χ4v) is 8.44. The highest BCUT2D eigenvalue weighted by atomic mass is 35.5. The zero-order valence-corrected chi connectivity index (χ0v) is 40.9. The van der Waals surface area contributed by atoms with Crippen molar-refractivity contribution in [2.24, 2.45) is 13.0 Å². The highest BCUT2D eigenvalue weighted by molar-refractivity contribution is 6.31. The monoisotopic (exact) mass is 967 g/mol. The molecule has 4 aromatic carbocycles. The van der Waals surface area contributed by atoms with Gasteiger partial charge >= 0.3 is 0 Å². The second-order valence-corrected chi connectivity index (χ2v) is 18.0. The van der Waals surface area contributed by atoms with E-state index in [4.69, 9.17) is 37.4 Å². The van der Waals surface area contributed by atoms with Crippen molar-refractivity contribution in [2.45, 2.75) is 70.2 Å². The number of carbonyl (C=O) groups excluding carboxylic acids is 5. The maximum Gasteiger partial charge on any atom is 0.296 e. The first kappa shape index (κ1) is 51.0. The van der Waals surface area contributed by atoms with E-state index in [2.05, 4.69) is 15.6 Å². The van der Waals surface area contributed by atoms with Crippen LogP contribution in [0.4, 0.5) is 0 Å². The summed E-state index contributed by atoms with van der Waals surface area (Å²) in [7, 11) is 8.05. The number of nitrogens with zero attached hydrogens (tertiary/aromatic N) is 5. The minimum absolute atomic E-state index is 0.0759. The number of hydrogen-bond donors (Lipinski definition) is 2. The predicted octanol–water partition coefficient (Wildman–Crippen LogP) is 6.73. The molecule has 5 atom stereocenters. The first-order chi connectivity index (χ1) is 32.6. The molecule has 0 spiro atoms. The Morgan fingerprint density at radius 2 is 1.44 bits per heavy atom. The molecular weight excluding hydrogens is 910 g/mol. The van der Waals surface area contributed by atoms with Crippen molar-refractivity contribution in [3.05, 3.63) is 130 Å². The van der Waals surface area contributed by atoms with Gasteiger partial charge in [0, 0.05) is 80.9 Å². The van der Waals surface area contributed by atoms with E-state index in [-0.39, 0.29) is 50.8 Å². The van der Waals surface area contributed by atoms with Gasteiger partial charge in [0.25, 0.3) is 6.01 Å². The molecule has 1 aliphatic heterocycles. The van der Waals surface area contributed by atoms with E-state index in [1.165, 1.54) is 16.9 Å². The molecule has 0 radical (unpaired) electrons. The Morgan fingerprint density at radius 3 is 2.10 bits per heavy atom. The highest BCUT2D eigenvalue weighted by Gasteiger charge is 2.36. The lowest BCUT2D eigenvalue weighted by Gasteiger charge is -2.35. The van der Waals surface area contributed by atoms with Gasteiger partial charge in [-0.15, -0.1) is 0 Å². The van der Waals surface area contributed by atoms with E-state index in [0.29, 0.717) is 39.5 Å². The molecule has 360 valence electrons. The van der Waals surface area contributed by atoms with Crippen molar-refractivity contribution in [3.63, 3.8) is 0 Å². The quantitative estimate of drug-likeness (QED) is 0.138. The molecule has 1 saturated heterocycles. The minimum Gasteiger partial charge on any atom is -0.468 e. The highest BCUT2D eigenvalue weighted by Crippen LogP contribution is 2.33. The third-order valence-electron chi connectivity index (χ3n) is 12.4. The van der Waals surface area contributed by atoms with Crippen molar-refractivity contribution in [2.75, 3.05) is 41.5 Å². The molecule has 5 amide bonds. The van der Waals surface area contributed by atoms with Crippen LogP contribution < -0.4 is 20.1 Å². The van der Waals surface area contributed by atoms with Gasteiger partial charge in [-0.3, -0.25) is 28.5 Å². The number of carbonyl (C=O) groups is 5. The van der Waals surface area contributed by atoms with Gasteiger partial charge in [0.1, 0.15) is 23.6 Å². The summed E-state index contributed by atoms with van der Waals surface area (Å²) in [5.41, 5.74) is 3.89. The number of benzene rings is 4. The summed E-state index contributed by atoms with van der Waals surface area (Å²) in [6.07, 6.45) is 1.89. The molecule has 2 heterocycles. The predicted molar refractivity (Wildman–Crippen MR) is 260 cm³/mol. The maximum absolute atomic E-state index is 15.0. The summed E-state index contributed by atoms with van der Waals surface area (Å²) < 4.78 is 19.1. The van der Waals surface area contributed by atoms with Gasteiger partial charge in [0.15, 0.2) is 0 Å². The Labute approximate surface area is 407 Å². The average molecular weight is 969 g/mol. The molecule has 15 nitrogen and oxygen atoms in total. The third kappa shape index (κ3) is 13.0. The second-order valence-electron chi connectivity index (χ2n) is 17.1. The van der Waals surface area contributed by atoms with Crippen molar-refractivity contribution < 1.29 is 38.2 Å². The molecule has 1 fully saturated rings. The molecule has 0 aliphatic carbocycles. The molecular formula is C51H59Cl2N7O8. The smallest absolute Gasteiger partial charge is 0.296 e. The molecule has 68 heavy (non-hydrogen) atoms. The van der Waals surface area contributed by atoms with Crippen LogP contribution in [-0.4, -0.2) is 119 Å². The van der Waals surface area contributed by atoms with E-state index in [0.717, 1.165) is 22.4 Å². The van der Waals surface area contributed by atoms with Gasteiger partial charge in [0.05, 0.1) is 38.1 Å². The zero-order valence-electron chi connectivity index (χ0n) is 39.4. The SMILES string of the molecule is COC[C@@H]1NC(=O)[C@H](C)N(Cc2ccc(Cl)cc2Oc2ccc(-c3cnc(OC)n3C)cc2)C(=O)C[C@@H](Cc2ccccc2)C(=O)N(C)[C@@H](C)CNC(=O)C[C@H](Cc2ccc(Cl)cc2)N(C)C1=O. The molecule has 1 aliphatic rings. The molecule has 6 rings (SSSR count). The third-order valence-corrected chi connectivity index (χ3v) is 12.9. The minimum atomic E-state index is -1.20. The summed E-state index contributed by atoms with van der Waals surface area (Å²) in [4.78, 5) is 80.9. The standard InChI is InChI=1S/C51H59Cl2N7O8/c1-32-28-54-46(61)27-41(24-35-13-18-39(52)19-14-35)58(4)50(65)43(31-66-6)56-48(63)33(2)60(47(62)25-38(49(64)57(32)3)23-34-11-9-8-10-12-34)30-37-15-20-40(53)26-45(37)68-42-21-16-36(17-22-42)44-29-55-51(67-7)59(44)5/h8-22,26,29,32-33,38,41,43H,23-25,27-28,30-31H2,1-7H3,(H,54,61)(H,56,63)/t32-,33-,38+,41-,43-/m0/s1. The Morgan fingerprint density at radius 1 is 0.765 bits per heavy atom. The fourth-order valence-electron chi connectivity index (χ4n) is 8.15. The molecule has 17 heteroatoms. The van der Waals surface area contributed by atoms with Crippen molar-refractivity contribution in [1.82, 2.24) is 34.9 Å². The van der Waals surface area contributed by atoms with Crippen molar-refractivity contribution in [3.8, 4) is 28.8 Å². The summed E-state index contributed by atoms with van der Waals surface area (Å²) in [5.74, 6) is -2.33. The summed E-state index contributed by atoms with van der Waals surface area (Å²) in [6.45, 7) is 3.17. The number of aromatic nitrogens is 2. The number of ether oxygens (including phenoxy) is 3. The Hall–Kier alpha value is -6.42. The average Bonchev–Trinajstić information content (AvgIpc) is 3.71. The molecule has 2 N–H and O–H groups in total. The van der Waals surface area contributed by atoms with Crippen LogP contribution >= 0.6 is 23.2 Å². The Balaban J connectivity index is 1.37. The van der Waals surface area contributed by atoms with Gasteiger partial charge in [-0.1, -0.05) is 71.7 Å². The number of halogens is 2. The first-order valence-electron chi connectivity index (χ1n) is 22.4. The van der Waals surface area contributed by atoms with Crippen LogP contribution in [0.3, 0.4) is 0 Å². The molecule has 0 bridgehead atoms. The largest absolute Gasteiger partial charge is 0.468 e. The van der Waals surface area contributed by atoms with Crippen molar-refractivity contribution in [1.29, 1.82) is 0 Å². The Bertz CT molecular complexity index is 2540. The molecule has 0 unspecified atom stereocenters. The summed E-state index contributed by atoms with van der Waals surface area (Å²) in [6, 6.07) is 25.8. The van der Waals surface area contributed by atoms with Crippen LogP contribution in [-0.2, 0) is 55.1 Å². The topological polar surface area (TPSA) is 165 Å². The van der Waals surface area contributed by atoms with Crippen LogP contribution in [0.1, 0.15) is 43.4 Å². The maximum atomic E-state index is 15.0. The van der Waals surface area contributed by atoms with Crippen LogP contribution in [0.5, 0.6) is 17.5 Å². The number of likely N-dealkylation sites (N-methyl/N-ethyl adjacent to an activating group) is 2. The number of rotatable bonds is 12. The molecule has 0 saturated carbocycles. The lowest BCUT2D eigenvalue weighted by molar-refractivity contribution is -0.147. The van der Waals surface area contributed by atoms with Gasteiger partial charge in [-0.2, -0.15) is 0 Å². The van der Waals surface area contributed by atoms with E-state index < -0.39 is 47.8 Å². The van der Waals surface area contributed by atoms with Crippen LogP contribution in [0.15, 0.2) is 103 Å². The van der Waals surface area contributed by atoms with Crippen LogP contribution in [0.2, 0.25) is 10.0 Å². The first-order valence-corrected chi connectivity index (χ1v) is 23.1. The van der Waals surface area contributed by atoms with Gasteiger partial charge < -0.3 is 39.5 Å². The van der Waals surface area contributed by atoms with E-state index in [1.54, 1.807) is 81.7 Å². The molecule has 5 aromatic rings. The van der Waals surface area contributed by atoms with Gasteiger partial charge in [-0.05, 0) is 86.3 Å². The van der Waals surface area contributed by atoms with E-state index in [1.807, 2.05) is 73.1 Å². The number of nitrogens with one attached hydrogen (secondary N) is 2. The fraction of sp³-hybridized carbons (Fsp3) is 0.373. The lowest BCUT2D eigenvalue weighted by atomic mass is 9.93. The summed E-state index contributed by atoms with van der Waals surface area (Å²) >= 11 is 12.7. The van der Waals surface area contributed by atoms with Gasteiger partial charge in [-0.25, -0.2) is 4.98 Å². The summed E-state index contributed by atoms with van der Waals surface area (Å²) in [5, 5.41) is 6.72. The van der Waals surface area contributed by atoms with Crippen LogP contribution in [0.25, 0.3) is 11.3 Å². The molecule has 1 aromatic heterocycles. The van der Waals surface area contributed by atoms with E-state index in [9.17, 15) is 24.0 Å². The zero-order chi connectivity index (χ0) is 49.1. The van der Waals surface area contributed by atoms with E-state index >= 15 is 0 Å². The van der Waals surface area contributed by atoms with Gasteiger partial charge in [0.2, 0.25) is 29.5 Å². The number of imidazole rings is 1. The normalized spacial score (nSPS) is 20.4. The number of methoxy groups -OCH3 is 2. The Kier molecular flexibility index (Phi) is 17.6. The number of amides is 5. The second kappa shape index (κ2) is 23.5. The van der Waals surface area contributed by atoms with Crippen LogP contribution in [0, 0.1) is 5.92 Å². The van der Waals surface area contributed by atoms with Crippen molar-refractivity contribution >= 4 is 52.7 Å². The lowest BCUT2D eigenvalue weighted by Crippen LogP contribution is -2.57. The number of hydrogen-bond acceptors (Lipinski definition) is 9.